The highest BCUT2D eigenvalue weighted by Gasteiger charge is 2.07. The third kappa shape index (κ3) is 3.96. The third-order valence-corrected chi connectivity index (χ3v) is 3.67. The first-order valence-corrected chi connectivity index (χ1v) is 7.85. The third-order valence-electron chi connectivity index (χ3n) is 2.69. The van der Waals surface area contributed by atoms with Crippen molar-refractivity contribution in [3.63, 3.8) is 0 Å². The molecule has 2 rings (SSSR count). The topological polar surface area (TPSA) is 49.8 Å². The van der Waals surface area contributed by atoms with Crippen LogP contribution in [0.25, 0.3) is 0 Å². The number of aromatic nitrogens is 2. The van der Waals surface area contributed by atoms with E-state index in [9.17, 15) is 0 Å². The van der Waals surface area contributed by atoms with E-state index in [1.807, 2.05) is 25.1 Å². The van der Waals surface area contributed by atoms with Gasteiger partial charge in [-0.3, -0.25) is 0 Å². The summed E-state index contributed by atoms with van der Waals surface area (Å²) in [6.45, 7) is 4.92. The van der Waals surface area contributed by atoms with Crippen molar-refractivity contribution in [1.82, 2.24) is 9.97 Å². The predicted molar refractivity (Wildman–Crippen MR) is 93.0 cm³/mol. The van der Waals surface area contributed by atoms with E-state index in [1.54, 1.807) is 6.20 Å². The second kappa shape index (κ2) is 7.08. The summed E-state index contributed by atoms with van der Waals surface area (Å²) in [5, 5.41) is 7.11. The Bertz CT molecular complexity index is 604. The number of halogens is 2. The molecule has 0 bridgehead atoms. The van der Waals surface area contributed by atoms with Gasteiger partial charge in [0.25, 0.3) is 0 Å². The Labute approximate surface area is 137 Å². The quantitative estimate of drug-likeness (QED) is 0.717. The molecule has 0 radical (unpaired) electrons. The molecule has 0 atom stereocenters. The number of hydrogen-bond acceptors (Lipinski definition) is 4. The molecule has 0 aliphatic carbocycles. The van der Waals surface area contributed by atoms with Gasteiger partial charge in [0.05, 0.1) is 10.7 Å². The molecular weight excluding hydrogens is 387 g/mol. The van der Waals surface area contributed by atoms with E-state index in [0.29, 0.717) is 11.0 Å². The molecule has 2 N–H and O–H groups in total. The van der Waals surface area contributed by atoms with E-state index in [2.05, 4.69) is 50.1 Å². The fraction of sp³-hybridized carbons (Fsp3) is 0.286. The van der Waals surface area contributed by atoms with Crippen molar-refractivity contribution in [2.75, 3.05) is 17.2 Å². The summed E-state index contributed by atoms with van der Waals surface area (Å²) >= 11 is 8.46. The molecule has 0 fully saturated rings. The van der Waals surface area contributed by atoms with Gasteiger partial charge >= 0.3 is 0 Å². The number of hydrogen-bond donors (Lipinski definition) is 2. The second-order valence-electron chi connectivity index (χ2n) is 4.40. The Morgan fingerprint density at radius 1 is 1.35 bits per heavy atom. The van der Waals surface area contributed by atoms with Crippen molar-refractivity contribution < 1.29 is 0 Å². The summed E-state index contributed by atoms with van der Waals surface area (Å²) in [5.74, 6) is 1.39. The van der Waals surface area contributed by atoms with Crippen LogP contribution in [0.3, 0.4) is 0 Å². The van der Waals surface area contributed by atoms with Crippen LogP contribution in [0.5, 0.6) is 0 Å². The lowest BCUT2D eigenvalue weighted by molar-refractivity contribution is 0.950. The SMILES string of the molecule is CCCNc1ncc(C)c(Nc2ccc(I)cc2Cl)n1. The molecule has 1 aromatic heterocycles. The molecule has 0 saturated carbocycles. The minimum atomic E-state index is 0.626. The molecule has 1 aromatic carbocycles. The molecule has 4 nitrogen and oxygen atoms in total. The normalized spacial score (nSPS) is 10.4. The van der Waals surface area contributed by atoms with Gasteiger partial charge in [-0.15, -0.1) is 0 Å². The molecular formula is C14H16ClIN4. The molecule has 0 amide bonds. The maximum absolute atomic E-state index is 6.23. The van der Waals surface area contributed by atoms with Gasteiger partial charge in [-0.2, -0.15) is 4.98 Å². The van der Waals surface area contributed by atoms with Crippen molar-refractivity contribution >= 4 is 51.6 Å². The molecule has 1 heterocycles. The van der Waals surface area contributed by atoms with Crippen molar-refractivity contribution in [3.8, 4) is 0 Å². The highest BCUT2D eigenvalue weighted by Crippen LogP contribution is 2.27. The summed E-state index contributed by atoms with van der Waals surface area (Å²) in [5.41, 5.74) is 1.82. The minimum absolute atomic E-state index is 0.626. The van der Waals surface area contributed by atoms with E-state index >= 15 is 0 Å². The van der Waals surface area contributed by atoms with Gasteiger partial charge in [0.1, 0.15) is 5.82 Å². The van der Waals surface area contributed by atoms with E-state index < -0.39 is 0 Å². The molecule has 0 spiro atoms. The fourth-order valence-electron chi connectivity index (χ4n) is 1.61. The van der Waals surface area contributed by atoms with Crippen molar-refractivity contribution in [2.24, 2.45) is 0 Å². The van der Waals surface area contributed by atoms with E-state index in [0.717, 1.165) is 33.6 Å². The van der Waals surface area contributed by atoms with Crippen LogP contribution in [0.15, 0.2) is 24.4 Å². The summed E-state index contributed by atoms with van der Waals surface area (Å²) in [6.07, 6.45) is 2.83. The van der Waals surface area contributed by atoms with Crippen LogP contribution in [0.4, 0.5) is 17.5 Å². The number of nitrogens with zero attached hydrogens (tertiary/aromatic N) is 2. The lowest BCUT2D eigenvalue weighted by Gasteiger charge is -2.12. The van der Waals surface area contributed by atoms with Crippen molar-refractivity contribution in [3.05, 3.63) is 38.6 Å². The Kier molecular flexibility index (Phi) is 5.42. The molecule has 6 heteroatoms. The van der Waals surface area contributed by atoms with Crippen molar-refractivity contribution in [2.45, 2.75) is 20.3 Å². The van der Waals surface area contributed by atoms with Gasteiger partial charge < -0.3 is 10.6 Å². The van der Waals surface area contributed by atoms with Gasteiger partial charge in [-0.25, -0.2) is 4.98 Å². The van der Waals surface area contributed by atoms with Crippen LogP contribution in [0.2, 0.25) is 5.02 Å². The highest BCUT2D eigenvalue weighted by molar-refractivity contribution is 14.1. The van der Waals surface area contributed by atoms with Gasteiger partial charge in [0.15, 0.2) is 0 Å². The Morgan fingerprint density at radius 2 is 2.15 bits per heavy atom. The molecule has 20 heavy (non-hydrogen) atoms. The Morgan fingerprint density at radius 3 is 2.85 bits per heavy atom. The molecule has 0 unspecified atom stereocenters. The lowest BCUT2D eigenvalue weighted by Crippen LogP contribution is -2.07. The van der Waals surface area contributed by atoms with Gasteiger partial charge in [0, 0.05) is 21.9 Å². The van der Waals surface area contributed by atoms with Crippen LogP contribution < -0.4 is 10.6 Å². The molecule has 0 aliphatic heterocycles. The maximum atomic E-state index is 6.23. The molecule has 2 aromatic rings. The predicted octanol–water partition coefficient (Wildman–Crippen LogP) is 4.61. The highest BCUT2D eigenvalue weighted by atomic mass is 127. The van der Waals surface area contributed by atoms with Gasteiger partial charge in [0.2, 0.25) is 5.95 Å². The fourth-order valence-corrected chi connectivity index (χ4v) is 2.51. The average Bonchev–Trinajstić information content (AvgIpc) is 2.42. The largest absolute Gasteiger partial charge is 0.354 e. The smallest absolute Gasteiger partial charge is 0.224 e. The zero-order chi connectivity index (χ0) is 14.5. The van der Waals surface area contributed by atoms with Gasteiger partial charge in [-0.05, 0) is 54.1 Å². The first kappa shape index (κ1) is 15.3. The number of anilines is 3. The minimum Gasteiger partial charge on any atom is -0.354 e. The molecule has 0 aliphatic rings. The summed E-state index contributed by atoms with van der Waals surface area (Å²) < 4.78 is 1.10. The van der Waals surface area contributed by atoms with Crippen molar-refractivity contribution in [1.29, 1.82) is 0 Å². The van der Waals surface area contributed by atoms with Crippen LogP contribution in [-0.4, -0.2) is 16.5 Å². The Balaban J connectivity index is 2.23. The zero-order valence-corrected chi connectivity index (χ0v) is 14.3. The summed E-state index contributed by atoms with van der Waals surface area (Å²) in [7, 11) is 0. The molecule has 106 valence electrons. The average molecular weight is 403 g/mol. The lowest BCUT2D eigenvalue weighted by atomic mass is 10.3. The zero-order valence-electron chi connectivity index (χ0n) is 11.4. The van der Waals surface area contributed by atoms with E-state index in [1.165, 1.54) is 0 Å². The first-order chi connectivity index (χ1) is 9.60. The van der Waals surface area contributed by atoms with Crippen LogP contribution in [-0.2, 0) is 0 Å². The Hall–Kier alpha value is -1.08. The van der Waals surface area contributed by atoms with Crippen LogP contribution >= 0.6 is 34.2 Å². The van der Waals surface area contributed by atoms with Crippen LogP contribution in [0.1, 0.15) is 18.9 Å². The summed E-state index contributed by atoms with van der Waals surface area (Å²) in [6, 6.07) is 5.86. The van der Waals surface area contributed by atoms with E-state index in [4.69, 9.17) is 11.6 Å². The number of benzene rings is 1. The molecule has 0 saturated heterocycles. The number of rotatable bonds is 5. The van der Waals surface area contributed by atoms with E-state index in [-0.39, 0.29) is 0 Å². The maximum Gasteiger partial charge on any atom is 0.224 e. The second-order valence-corrected chi connectivity index (χ2v) is 6.05. The van der Waals surface area contributed by atoms with Gasteiger partial charge in [-0.1, -0.05) is 18.5 Å². The first-order valence-electron chi connectivity index (χ1n) is 6.39. The van der Waals surface area contributed by atoms with Crippen LogP contribution in [0, 0.1) is 10.5 Å². The monoisotopic (exact) mass is 402 g/mol. The standard InChI is InChI=1S/C14H16ClIN4/c1-3-6-17-14-18-8-9(2)13(20-14)19-12-5-4-10(16)7-11(12)15/h4-5,7-8H,3,6H2,1-2H3,(H2,17,18,19,20). The number of aryl methyl sites for hydroxylation is 1. The summed E-state index contributed by atoms with van der Waals surface area (Å²) in [4.78, 5) is 8.73. The number of nitrogens with one attached hydrogen (secondary N) is 2.